The van der Waals surface area contributed by atoms with Gasteiger partial charge in [0.25, 0.3) is 5.91 Å². The highest BCUT2D eigenvalue weighted by atomic mass is 16.5. The third-order valence-electron chi connectivity index (χ3n) is 2.58. The van der Waals surface area contributed by atoms with Crippen molar-refractivity contribution in [2.24, 2.45) is 0 Å². The monoisotopic (exact) mass is 277 g/mol. The molecule has 1 amide bonds. The number of nitrogens with zero attached hydrogens (tertiary/aromatic N) is 2. The zero-order valence-electron chi connectivity index (χ0n) is 10.9. The molecule has 7 heteroatoms. The second kappa shape index (κ2) is 6.07. The van der Waals surface area contributed by atoms with Crippen molar-refractivity contribution in [3.8, 4) is 11.5 Å². The maximum absolute atomic E-state index is 11.9. The molecule has 1 aromatic carbocycles. The van der Waals surface area contributed by atoms with Crippen LogP contribution in [0.5, 0.6) is 11.5 Å². The Morgan fingerprint density at radius 3 is 2.70 bits per heavy atom. The number of phenols is 2. The number of ether oxygens (including phenoxy) is 1. The Bertz CT molecular complexity index is 589. The number of hydrogen-bond donors (Lipinski definition) is 3. The maximum atomic E-state index is 11.9. The fourth-order valence-electron chi connectivity index (χ4n) is 1.66. The molecule has 0 atom stereocenters. The number of aromatic hydroxyl groups is 2. The van der Waals surface area contributed by atoms with E-state index in [0.29, 0.717) is 18.8 Å². The molecule has 0 fully saturated rings. The van der Waals surface area contributed by atoms with Gasteiger partial charge in [-0.15, -0.1) is 0 Å². The van der Waals surface area contributed by atoms with Crippen LogP contribution in [-0.4, -0.2) is 39.6 Å². The lowest BCUT2D eigenvalue weighted by atomic mass is 10.2. The van der Waals surface area contributed by atoms with E-state index in [2.05, 4.69) is 10.4 Å². The van der Waals surface area contributed by atoms with Crippen LogP contribution < -0.4 is 5.32 Å². The van der Waals surface area contributed by atoms with Crippen LogP contribution in [0.3, 0.4) is 0 Å². The van der Waals surface area contributed by atoms with Crippen molar-refractivity contribution in [2.75, 3.05) is 19.0 Å². The lowest BCUT2D eigenvalue weighted by molar-refractivity contribution is 0.102. The molecule has 2 rings (SSSR count). The first-order valence-electron chi connectivity index (χ1n) is 5.94. The maximum Gasteiger partial charge on any atom is 0.256 e. The lowest BCUT2D eigenvalue weighted by Crippen LogP contribution is -2.11. The van der Waals surface area contributed by atoms with Crippen LogP contribution in [0, 0.1) is 0 Å². The summed E-state index contributed by atoms with van der Waals surface area (Å²) in [7, 11) is 1.60. The summed E-state index contributed by atoms with van der Waals surface area (Å²) in [6.45, 7) is 1.11. The first kappa shape index (κ1) is 13.9. The van der Waals surface area contributed by atoms with Gasteiger partial charge >= 0.3 is 0 Å². The van der Waals surface area contributed by atoms with E-state index >= 15 is 0 Å². The lowest BCUT2D eigenvalue weighted by Gasteiger charge is -2.04. The molecule has 0 bridgehead atoms. The molecular weight excluding hydrogens is 262 g/mol. The molecule has 0 saturated carbocycles. The molecule has 0 radical (unpaired) electrons. The number of hydrogen-bond acceptors (Lipinski definition) is 5. The number of carbonyl (C=O) groups is 1. The quantitative estimate of drug-likeness (QED) is 0.763. The standard InChI is InChI=1S/C13H15N3O4/c1-20-3-2-16-8-10(7-14-16)15-13(19)9-4-11(17)6-12(18)5-9/h4-8,17-18H,2-3H2,1H3,(H,15,19). The molecule has 0 aliphatic heterocycles. The van der Waals surface area contributed by atoms with E-state index in [9.17, 15) is 15.0 Å². The van der Waals surface area contributed by atoms with Gasteiger partial charge in [0.05, 0.1) is 25.0 Å². The normalized spacial score (nSPS) is 10.4. The second-order valence-corrected chi connectivity index (χ2v) is 4.18. The fraction of sp³-hybridized carbons (Fsp3) is 0.231. The van der Waals surface area contributed by atoms with Crippen LogP contribution in [0.25, 0.3) is 0 Å². The Morgan fingerprint density at radius 1 is 1.35 bits per heavy atom. The van der Waals surface area contributed by atoms with Crippen LogP contribution in [0.1, 0.15) is 10.4 Å². The molecule has 2 aromatic rings. The van der Waals surface area contributed by atoms with E-state index in [1.165, 1.54) is 18.3 Å². The van der Waals surface area contributed by atoms with E-state index < -0.39 is 5.91 Å². The minimum atomic E-state index is -0.442. The highest BCUT2D eigenvalue weighted by molar-refractivity contribution is 6.04. The number of phenolic OH excluding ortho intramolecular Hbond substituents is 2. The molecule has 0 saturated heterocycles. The zero-order chi connectivity index (χ0) is 14.5. The van der Waals surface area contributed by atoms with Crippen molar-refractivity contribution in [3.05, 3.63) is 36.2 Å². The van der Waals surface area contributed by atoms with Crippen molar-refractivity contribution < 1.29 is 19.7 Å². The van der Waals surface area contributed by atoms with E-state index in [1.54, 1.807) is 18.0 Å². The summed E-state index contributed by atoms with van der Waals surface area (Å²) in [6, 6.07) is 3.69. The minimum absolute atomic E-state index is 0.159. The van der Waals surface area contributed by atoms with Crippen molar-refractivity contribution in [3.63, 3.8) is 0 Å². The van der Waals surface area contributed by atoms with E-state index in [-0.39, 0.29) is 17.1 Å². The first-order valence-corrected chi connectivity index (χ1v) is 5.94. The Labute approximate surface area is 115 Å². The molecule has 3 N–H and O–H groups in total. The number of nitrogens with one attached hydrogen (secondary N) is 1. The molecule has 7 nitrogen and oxygen atoms in total. The summed E-state index contributed by atoms with van der Waals surface area (Å²) < 4.78 is 6.57. The largest absolute Gasteiger partial charge is 0.508 e. The Hall–Kier alpha value is -2.54. The summed E-state index contributed by atoms with van der Waals surface area (Å²) in [5.41, 5.74) is 0.682. The summed E-state index contributed by atoms with van der Waals surface area (Å²) >= 11 is 0. The van der Waals surface area contributed by atoms with Gasteiger partial charge in [-0.05, 0) is 12.1 Å². The minimum Gasteiger partial charge on any atom is -0.508 e. The Kier molecular flexibility index (Phi) is 4.21. The molecular formula is C13H15N3O4. The highest BCUT2D eigenvalue weighted by Crippen LogP contribution is 2.21. The van der Waals surface area contributed by atoms with Gasteiger partial charge in [0, 0.05) is 24.9 Å². The second-order valence-electron chi connectivity index (χ2n) is 4.18. The van der Waals surface area contributed by atoms with Gasteiger partial charge in [0.1, 0.15) is 11.5 Å². The SMILES string of the molecule is COCCn1cc(NC(=O)c2cc(O)cc(O)c2)cn1. The van der Waals surface area contributed by atoms with Crippen molar-refractivity contribution in [1.29, 1.82) is 0 Å². The van der Waals surface area contributed by atoms with E-state index in [4.69, 9.17) is 4.74 Å². The molecule has 0 aliphatic carbocycles. The molecule has 0 aliphatic rings. The Morgan fingerprint density at radius 2 is 2.05 bits per heavy atom. The fourth-order valence-corrected chi connectivity index (χ4v) is 1.66. The van der Waals surface area contributed by atoms with Crippen LogP contribution in [0.4, 0.5) is 5.69 Å². The van der Waals surface area contributed by atoms with Crippen LogP contribution >= 0.6 is 0 Å². The van der Waals surface area contributed by atoms with Crippen molar-refractivity contribution in [1.82, 2.24) is 9.78 Å². The number of anilines is 1. The van der Waals surface area contributed by atoms with Crippen LogP contribution in [0.15, 0.2) is 30.6 Å². The topological polar surface area (TPSA) is 96.6 Å². The average molecular weight is 277 g/mol. The van der Waals surface area contributed by atoms with Gasteiger partial charge in [-0.3, -0.25) is 9.48 Å². The van der Waals surface area contributed by atoms with Crippen LogP contribution in [0.2, 0.25) is 0 Å². The summed E-state index contributed by atoms with van der Waals surface area (Å²) in [6.07, 6.45) is 3.18. The molecule has 20 heavy (non-hydrogen) atoms. The zero-order valence-corrected chi connectivity index (χ0v) is 10.9. The van der Waals surface area contributed by atoms with Gasteiger partial charge in [0.2, 0.25) is 0 Å². The number of carbonyl (C=O) groups excluding carboxylic acids is 1. The smallest absolute Gasteiger partial charge is 0.256 e. The Balaban J connectivity index is 2.05. The van der Waals surface area contributed by atoms with Gasteiger partial charge in [0.15, 0.2) is 0 Å². The number of amides is 1. The summed E-state index contributed by atoms with van der Waals surface area (Å²) in [5.74, 6) is -0.792. The first-order chi connectivity index (χ1) is 9.58. The van der Waals surface area contributed by atoms with Crippen LogP contribution in [-0.2, 0) is 11.3 Å². The average Bonchev–Trinajstić information content (AvgIpc) is 2.82. The van der Waals surface area contributed by atoms with E-state index in [1.807, 2.05) is 0 Å². The molecule has 0 unspecified atom stereocenters. The predicted molar refractivity (Wildman–Crippen MR) is 71.8 cm³/mol. The van der Waals surface area contributed by atoms with Crippen molar-refractivity contribution >= 4 is 11.6 Å². The summed E-state index contributed by atoms with van der Waals surface area (Å²) in [4.78, 5) is 11.9. The van der Waals surface area contributed by atoms with E-state index in [0.717, 1.165) is 6.07 Å². The third kappa shape index (κ3) is 3.48. The summed E-state index contributed by atoms with van der Waals surface area (Å²) in [5, 5.41) is 25.4. The number of rotatable bonds is 5. The predicted octanol–water partition coefficient (Wildman–Crippen LogP) is 1.19. The van der Waals surface area contributed by atoms with Gasteiger partial charge < -0.3 is 20.3 Å². The molecule has 1 aromatic heterocycles. The van der Waals surface area contributed by atoms with Gasteiger partial charge in [-0.2, -0.15) is 5.10 Å². The molecule has 106 valence electrons. The number of benzene rings is 1. The van der Waals surface area contributed by atoms with Crippen molar-refractivity contribution in [2.45, 2.75) is 6.54 Å². The van der Waals surface area contributed by atoms with Gasteiger partial charge in [-0.25, -0.2) is 0 Å². The highest BCUT2D eigenvalue weighted by Gasteiger charge is 2.10. The third-order valence-corrected chi connectivity index (χ3v) is 2.58. The molecule has 0 spiro atoms. The van der Waals surface area contributed by atoms with Gasteiger partial charge in [-0.1, -0.05) is 0 Å². The number of aromatic nitrogens is 2. The number of methoxy groups -OCH3 is 1. The molecule has 1 heterocycles.